The van der Waals surface area contributed by atoms with Crippen LogP contribution in [-0.4, -0.2) is 18.5 Å². The summed E-state index contributed by atoms with van der Waals surface area (Å²) in [4.78, 5) is 19.9. The zero-order valence-electron chi connectivity index (χ0n) is 8.83. The summed E-state index contributed by atoms with van der Waals surface area (Å²) in [6.45, 7) is 11.4. The van der Waals surface area contributed by atoms with Gasteiger partial charge in [0.05, 0.1) is 5.76 Å². The predicted molar refractivity (Wildman–Crippen MR) is 53.4 cm³/mol. The van der Waals surface area contributed by atoms with E-state index in [-0.39, 0.29) is 11.9 Å². The van der Waals surface area contributed by atoms with Crippen LogP contribution in [-0.2, 0) is 19.1 Å². The molecule has 0 rings (SSSR count). The van der Waals surface area contributed by atoms with Crippen molar-refractivity contribution < 1.29 is 19.1 Å². The number of allylic oxidation sites excluding steroid dienone is 1. The third kappa shape index (κ3) is 22.4. The summed E-state index contributed by atoms with van der Waals surface area (Å²) in [5.74, 6) is -0.139. The molecule has 4 nitrogen and oxygen atoms in total. The molecule has 0 aliphatic heterocycles. The second-order valence-corrected chi connectivity index (χ2v) is 2.39. The maximum absolute atomic E-state index is 9.97. The van der Waals surface area contributed by atoms with E-state index in [0.717, 1.165) is 0 Å². The van der Waals surface area contributed by atoms with Gasteiger partial charge in [-0.1, -0.05) is 19.2 Å². The number of ether oxygens (including phenoxy) is 2. The second kappa shape index (κ2) is 9.51. The fourth-order valence-electron chi connectivity index (χ4n) is 0.422. The van der Waals surface area contributed by atoms with Crippen molar-refractivity contribution in [2.45, 2.75) is 20.8 Å². The van der Waals surface area contributed by atoms with E-state index in [2.05, 4.69) is 22.6 Å². The molecule has 0 atom stereocenters. The summed E-state index contributed by atoms with van der Waals surface area (Å²) in [5.41, 5.74) is 0. The fraction of sp³-hybridized carbons (Fsp3) is 0.400. The number of esters is 2. The molecule has 0 saturated heterocycles. The van der Waals surface area contributed by atoms with Crippen LogP contribution in [0.2, 0.25) is 0 Å². The van der Waals surface area contributed by atoms with Gasteiger partial charge < -0.3 is 9.47 Å². The third-order valence-electron chi connectivity index (χ3n) is 0.722. The minimum absolute atomic E-state index is 0.264. The topological polar surface area (TPSA) is 52.6 Å². The Bertz CT molecular complexity index is 206. The third-order valence-corrected chi connectivity index (χ3v) is 0.722. The van der Waals surface area contributed by atoms with Crippen molar-refractivity contribution in [3.05, 3.63) is 25.0 Å². The van der Waals surface area contributed by atoms with Crippen molar-refractivity contribution in [3.63, 3.8) is 0 Å². The highest BCUT2D eigenvalue weighted by atomic mass is 16.5. The SMILES string of the molecule is C=C(C)OC(C)=O.C=CCOC(C)=O. The van der Waals surface area contributed by atoms with E-state index in [9.17, 15) is 9.59 Å². The first kappa shape index (κ1) is 14.9. The summed E-state index contributed by atoms with van der Waals surface area (Å²) < 4.78 is 8.85. The van der Waals surface area contributed by atoms with Crippen molar-refractivity contribution in [2.75, 3.05) is 6.61 Å². The molecule has 0 bridgehead atoms. The van der Waals surface area contributed by atoms with Crippen molar-refractivity contribution >= 4 is 11.9 Å². The lowest BCUT2D eigenvalue weighted by Crippen LogP contribution is -1.96. The first-order chi connectivity index (χ1) is 6.40. The van der Waals surface area contributed by atoms with Gasteiger partial charge in [0.25, 0.3) is 0 Å². The molecule has 14 heavy (non-hydrogen) atoms. The lowest BCUT2D eigenvalue weighted by Gasteiger charge is -1.93. The highest BCUT2D eigenvalue weighted by Crippen LogP contribution is 1.87. The normalized spacial score (nSPS) is 7.64. The summed E-state index contributed by atoms with van der Waals surface area (Å²) in [5, 5.41) is 0. The van der Waals surface area contributed by atoms with E-state index >= 15 is 0 Å². The van der Waals surface area contributed by atoms with E-state index in [0.29, 0.717) is 12.4 Å². The van der Waals surface area contributed by atoms with Crippen LogP contribution in [0.5, 0.6) is 0 Å². The first-order valence-corrected chi connectivity index (χ1v) is 3.98. The van der Waals surface area contributed by atoms with Gasteiger partial charge in [0.15, 0.2) is 0 Å². The van der Waals surface area contributed by atoms with Crippen molar-refractivity contribution in [2.24, 2.45) is 0 Å². The Morgan fingerprint density at radius 3 is 1.79 bits per heavy atom. The minimum atomic E-state index is -0.312. The Morgan fingerprint density at radius 2 is 1.71 bits per heavy atom. The molecule has 0 unspecified atom stereocenters. The van der Waals surface area contributed by atoms with Crippen molar-refractivity contribution in [3.8, 4) is 0 Å². The molecule has 0 aromatic carbocycles. The molecular formula is C10H16O4. The minimum Gasteiger partial charge on any atom is -0.462 e. The first-order valence-electron chi connectivity index (χ1n) is 3.98. The van der Waals surface area contributed by atoms with E-state index in [1.165, 1.54) is 19.9 Å². The van der Waals surface area contributed by atoms with Crippen molar-refractivity contribution in [1.82, 2.24) is 0 Å². The molecule has 0 amide bonds. The van der Waals surface area contributed by atoms with Gasteiger partial charge in [-0.3, -0.25) is 9.59 Å². The lowest BCUT2D eigenvalue weighted by molar-refractivity contribution is -0.140. The van der Waals surface area contributed by atoms with Crippen LogP contribution in [0.15, 0.2) is 25.0 Å². The van der Waals surface area contributed by atoms with Crippen LogP contribution in [0.4, 0.5) is 0 Å². The van der Waals surface area contributed by atoms with Crippen LogP contribution in [0.3, 0.4) is 0 Å². The Balaban J connectivity index is 0. The molecule has 0 fully saturated rings. The van der Waals surface area contributed by atoms with Crippen LogP contribution in [0, 0.1) is 0 Å². The maximum Gasteiger partial charge on any atom is 0.307 e. The van der Waals surface area contributed by atoms with Crippen LogP contribution >= 0.6 is 0 Å². The second-order valence-electron chi connectivity index (χ2n) is 2.39. The average molecular weight is 200 g/mol. The van der Waals surface area contributed by atoms with Gasteiger partial charge in [-0.15, -0.1) is 0 Å². The number of hydrogen-bond acceptors (Lipinski definition) is 4. The zero-order chi connectivity index (χ0) is 11.6. The molecule has 4 heteroatoms. The summed E-state index contributed by atoms with van der Waals surface area (Å²) in [6, 6.07) is 0. The van der Waals surface area contributed by atoms with Gasteiger partial charge in [0.1, 0.15) is 6.61 Å². The molecule has 0 aliphatic carbocycles. The molecule has 0 saturated carbocycles. The number of carbonyl (C=O) groups is 2. The molecule has 0 aromatic rings. The molecule has 0 spiro atoms. The van der Waals surface area contributed by atoms with E-state index in [1.807, 2.05) is 0 Å². The molecule has 0 aromatic heterocycles. The monoisotopic (exact) mass is 200 g/mol. The van der Waals surface area contributed by atoms with Crippen molar-refractivity contribution in [1.29, 1.82) is 0 Å². The van der Waals surface area contributed by atoms with Gasteiger partial charge in [-0.25, -0.2) is 0 Å². The maximum atomic E-state index is 9.97. The largest absolute Gasteiger partial charge is 0.462 e. The average Bonchev–Trinajstić information content (AvgIpc) is 1.99. The predicted octanol–water partition coefficient (Wildman–Crippen LogP) is 1.82. The van der Waals surface area contributed by atoms with Gasteiger partial charge in [-0.05, 0) is 6.92 Å². The highest BCUT2D eigenvalue weighted by molar-refractivity contribution is 5.67. The lowest BCUT2D eigenvalue weighted by atomic mass is 10.6. The van der Waals surface area contributed by atoms with Crippen LogP contribution < -0.4 is 0 Å². The Labute approximate surface area is 84.2 Å². The van der Waals surface area contributed by atoms with Gasteiger partial charge in [0.2, 0.25) is 0 Å². The Hall–Kier alpha value is -1.58. The van der Waals surface area contributed by atoms with Gasteiger partial charge >= 0.3 is 11.9 Å². The standard InChI is InChI=1S/2C5H8O2/c1-4(2)7-5(3)6;1-3-4-7-5(2)6/h1H2,2-3H3;3H,1,4H2,2H3. The number of rotatable bonds is 3. The molecular weight excluding hydrogens is 184 g/mol. The van der Waals surface area contributed by atoms with Gasteiger partial charge in [0, 0.05) is 13.8 Å². The van der Waals surface area contributed by atoms with E-state index in [4.69, 9.17) is 0 Å². The fourth-order valence-corrected chi connectivity index (χ4v) is 0.422. The van der Waals surface area contributed by atoms with Crippen LogP contribution in [0.25, 0.3) is 0 Å². The highest BCUT2D eigenvalue weighted by Gasteiger charge is 1.87. The summed E-state index contributed by atoms with van der Waals surface area (Å²) in [7, 11) is 0. The quantitative estimate of drug-likeness (QED) is 0.396. The summed E-state index contributed by atoms with van der Waals surface area (Å²) >= 11 is 0. The number of carbonyl (C=O) groups excluding carboxylic acids is 2. The molecule has 0 N–H and O–H groups in total. The Kier molecular flexibility index (Phi) is 10.1. The molecule has 0 heterocycles. The number of hydrogen-bond donors (Lipinski definition) is 0. The molecule has 0 radical (unpaired) electrons. The Morgan fingerprint density at radius 1 is 1.21 bits per heavy atom. The molecule has 80 valence electrons. The van der Waals surface area contributed by atoms with E-state index in [1.54, 1.807) is 6.92 Å². The molecule has 0 aliphatic rings. The smallest absolute Gasteiger partial charge is 0.307 e. The van der Waals surface area contributed by atoms with E-state index < -0.39 is 0 Å². The van der Waals surface area contributed by atoms with Crippen LogP contribution in [0.1, 0.15) is 20.8 Å². The summed E-state index contributed by atoms with van der Waals surface area (Å²) in [6.07, 6.45) is 1.53. The zero-order valence-corrected chi connectivity index (χ0v) is 8.83. The van der Waals surface area contributed by atoms with Gasteiger partial charge in [-0.2, -0.15) is 0 Å².